The Morgan fingerprint density at radius 3 is 2.36 bits per heavy atom. The smallest absolute Gasteiger partial charge is 0.187 e. The van der Waals surface area contributed by atoms with Crippen molar-refractivity contribution < 1.29 is 35.0 Å². The Hall–Kier alpha value is -1.48. The molecule has 0 bridgehead atoms. The SMILES string of the molecule is OC[C@H]1O[C@@H](OC/C=C/c2ccc(O)cc2)[C@H](O)[C@@H](O)[C@H]1O. The Morgan fingerprint density at radius 1 is 1.05 bits per heavy atom. The number of hydrogen-bond acceptors (Lipinski definition) is 7. The Kier molecular flexibility index (Phi) is 5.90. The first-order valence-corrected chi connectivity index (χ1v) is 6.90. The summed E-state index contributed by atoms with van der Waals surface area (Å²) in [6.07, 6.45) is -2.94. The molecule has 0 saturated carbocycles. The zero-order chi connectivity index (χ0) is 16.1. The molecule has 0 aliphatic carbocycles. The third kappa shape index (κ3) is 4.04. The maximum absolute atomic E-state index is 9.77. The largest absolute Gasteiger partial charge is 0.508 e. The summed E-state index contributed by atoms with van der Waals surface area (Å²) < 4.78 is 10.5. The van der Waals surface area contributed by atoms with Crippen LogP contribution in [0.4, 0.5) is 0 Å². The molecular formula is C15H20O7. The summed E-state index contributed by atoms with van der Waals surface area (Å²) >= 11 is 0. The van der Waals surface area contributed by atoms with Gasteiger partial charge in [-0.15, -0.1) is 0 Å². The monoisotopic (exact) mass is 312 g/mol. The second kappa shape index (κ2) is 7.68. The predicted octanol–water partition coefficient (Wildman–Crippen LogP) is -0.778. The molecule has 1 heterocycles. The lowest BCUT2D eigenvalue weighted by molar-refractivity contribution is -0.298. The summed E-state index contributed by atoms with van der Waals surface area (Å²) in [6, 6.07) is 6.55. The molecule has 5 N–H and O–H groups in total. The van der Waals surface area contributed by atoms with E-state index in [1.807, 2.05) is 0 Å². The van der Waals surface area contributed by atoms with Crippen LogP contribution in [0.25, 0.3) is 6.08 Å². The fourth-order valence-electron chi connectivity index (χ4n) is 2.13. The van der Waals surface area contributed by atoms with Crippen LogP contribution in [0.15, 0.2) is 30.3 Å². The molecule has 0 unspecified atom stereocenters. The van der Waals surface area contributed by atoms with E-state index in [0.717, 1.165) is 5.56 Å². The first-order valence-electron chi connectivity index (χ1n) is 6.90. The van der Waals surface area contributed by atoms with E-state index in [2.05, 4.69) is 0 Å². The number of ether oxygens (including phenoxy) is 2. The molecule has 1 aromatic rings. The minimum atomic E-state index is -1.45. The fraction of sp³-hybridized carbons (Fsp3) is 0.467. The molecule has 122 valence electrons. The molecule has 22 heavy (non-hydrogen) atoms. The lowest BCUT2D eigenvalue weighted by atomic mass is 9.99. The maximum atomic E-state index is 9.77. The van der Waals surface area contributed by atoms with Crippen molar-refractivity contribution in [2.45, 2.75) is 30.7 Å². The number of aliphatic hydroxyl groups is 4. The van der Waals surface area contributed by atoms with E-state index < -0.39 is 37.3 Å². The van der Waals surface area contributed by atoms with E-state index in [1.54, 1.807) is 36.4 Å². The third-order valence-corrected chi connectivity index (χ3v) is 3.41. The summed E-state index contributed by atoms with van der Waals surface area (Å²) in [5.74, 6) is 0.176. The average Bonchev–Trinajstić information content (AvgIpc) is 2.53. The van der Waals surface area contributed by atoms with Gasteiger partial charge in [-0.1, -0.05) is 24.3 Å². The van der Waals surface area contributed by atoms with Gasteiger partial charge in [-0.05, 0) is 17.7 Å². The van der Waals surface area contributed by atoms with Gasteiger partial charge in [0.2, 0.25) is 0 Å². The van der Waals surface area contributed by atoms with Crippen molar-refractivity contribution in [2.75, 3.05) is 13.2 Å². The van der Waals surface area contributed by atoms with Crippen molar-refractivity contribution in [2.24, 2.45) is 0 Å². The lowest BCUT2D eigenvalue weighted by Crippen LogP contribution is -2.59. The highest BCUT2D eigenvalue weighted by molar-refractivity contribution is 5.50. The van der Waals surface area contributed by atoms with Gasteiger partial charge in [0.1, 0.15) is 30.2 Å². The van der Waals surface area contributed by atoms with Crippen LogP contribution in [0.1, 0.15) is 5.56 Å². The van der Waals surface area contributed by atoms with Gasteiger partial charge in [-0.2, -0.15) is 0 Å². The van der Waals surface area contributed by atoms with Gasteiger partial charge in [-0.25, -0.2) is 0 Å². The third-order valence-electron chi connectivity index (χ3n) is 3.41. The van der Waals surface area contributed by atoms with Gasteiger partial charge < -0.3 is 35.0 Å². The molecule has 0 radical (unpaired) electrons. The quantitative estimate of drug-likeness (QED) is 0.484. The second-order valence-electron chi connectivity index (χ2n) is 5.02. The van der Waals surface area contributed by atoms with Gasteiger partial charge in [0.25, 0.3) is 0 Å². The molecule has 1 fully saturated rings. The van der Waals surface area contributed by atoms with Crippen LogP contribution in [0.3, 0.4) is 0 Å². The molecular weight excluding hydrogens is 292 g/mol. The van der Waals surface area contributed by atoms with Crippen molar-refractivity contribution in [3.05, 3.63) is 35.9 Å². The molecule has 2 rings (SSSR count). The molecule has 1 saturated heterocycles. The topological polar surface area (TPSA) is 120 Å². The molecule has 7 heteroatoms. The van der Waals surface area contributed by atoms with Gasteiger partial charge >= 0.3 is 0 Å². The minimum absolute atomic E-state index is 0.101. The molecule has 1 aliphatic heterocycles. The van der Waals surface area contributed by atoms with Crippen molar-refractivity contribution in [1.82, 2.24) is 0 Å². The van der Waals surface area contributed by atoms with Crippen molar-refractivity contribution in [1.29, 1.82) is 0 Å². The summed E-state index contributed by atoms with van der Waals surface area (Å²) in [6.45, 7) is -0.391. The number of aromatic hydroxyl groups is 1. The Bertz CT molecular complexity index is 485. The molecule has 0 spiro atoms. The van der Waals surface area contributed by atoms with Crippen molar-refractivity contribution in [3.8, 4) is 5.75 Å². The zero-order valence-corrected chi connectivity index (χ0v) is 11.8. The van der Waals surface area contributed by atoms with Crippen LogP contribution in [0, 0.1) is 0 Å². The standard InChI is InChI=1S/C15H20O7/c16-8-11-12(18)13(19)14(20)15(22-11)21-7-1-2-9-3-5-10(17)6-4-9/h1-6,11-20H,7-8H2/b2-1+/t11-,12+,13+,14-,15-/m1/s1. The number of rotatable bonds is 5. The van der Waals surface area contributed by atoms with Crippen molar-refractivity contribution in [3.63, 3.8) is 0 Å². The normalized spacial score (nSPS) is 32.5. The van der Waals surface area contributed by atoms with E-state index in [1.165, 1.54) is 0 Å². The average molecular weight is 312 g/mol. The summed E-state index contributed by atoms with van der Waals surface area (Å²) in [4.78, 5) is 0. The Morgan fingerprint density at radius 2 is 1.73 bits per heavy atom. The number of hydrogen-bond donors (Lipinski definition) is 5. The van der Waals surface area contributed by atoms with Crippen LogP contribution in [0.2, 0.25) is 0 Å². The molecule has 0 aromatic heterocycles. The Labute approximate surface area is 127 Å². The van der Waals surface area contributed by atoms with Crippen LogP contribution in [-0.2, 0) is 9.47 Å². The van der Waals surface area contributed by atoms with Crippen molar-refractivity contribution >= 4 is 6.08 Å². The molecule has 0 amide bonds. The van der Waals surface area contributed by atoms with Gasteiger partial charge in [-0.3, -0.25) is 0 Å². The van der Waals surface area contributed by atoms with Crippen LogP contribution in [-0.4, -0.2) is 69.5 Å². The van der Waals surface area contributed by atoms with Gasteiger partial charge in [0.15, 0.2) is 6.29 Å². The Balaban J connectivity index is 1.86. The predicted molar refractivity (Wildman–Crippen MR) is 76.9 cm³/mol. The highest BCUT2D eigenvalue weighted by Gasteiger charge is 2.43. The first kappa shape index (κ1) is 16.9. The molecule has 7 nitrogen and oxygen atoms in total. The fourth-order valence-corrected chi connectivity index (χ4v) is 2.13. The van der Waals surface area contributed by atoms with E-state index in [-0.39, 0.29) is 12.4 Å². The van der Waals surface area contributed by atoms with Crippen LogP contribution in [0.5, 0.6) is 5.75 Å². The minimum Gasteiger partial charge on any atom is -0.508 e. The summed E-state index contributed by atoms with van der Waals surface area (Å²) in [7, 11) is 0. The first-order chi connectivity index (χ1) is 10.5. The molecule has 1 aliphatic rings. The zero-order valence-electron chi connectivity index (χ0n) is 11.8. The van der Waals surface area contributed by atoms with E-state index in [0.29, 0.717) is 0 Å². The van der Waals surface area contributed by atoms with E-state index in [9.17, 15) is 15.3 Å². The second-order valence-corrected chi connectivity index (χ2v) is 5.02. The lowest BCUT2D eigenvalue weighted by Gasteiger charge is -2.39. The maximum Gasteiger partial charge on any atom is 0.187 e. The van der Waals surface area contributed by atoms with E-state index in [4.69, 9.17) is 19.7 Å². The number of phenolic OH excluding ortho intramolecular Hbond substituents is 1. The van der Waals surface area contributed by atoms with Gasteiger partial charge in [0.05, 0.1) is 13.2 Å². The van der Waals surface area contributed by atoms with Crippen LogP contribution < -0.4 is 0 Å². The van der Waals surface area contributed by atoms with Gasteiger partial charge in [0, 0.05) is 0 Å². The number of benzene rings is 1. The summed E-state index contributed by atoms with van der Waals surface area (Å²) in [5.41, 5.74) is 0.857. The van der Waals surface area contributed by atoms with Crippen LogP contribution >= 0.6 is 0 Å². The highest BCUT2D eigenvalue weighted by Crippen LogP contribution is 2.22. The molecule has 5 atom stereocenters. The number of aliphatic hydroxyl groups excluding tert-OH is 4. The molecule has 1 aromatic carbocycles. The number of phenols is 1. The summed E-state index contributed by atoms with van der Waals surface area (Å²) in [5, 5.41) is 47.2. The van der Waals surface area contributed by atoms with E-state index >= 15 is 0 Å². The highest BCUT2D eigenvalue weighted by atomic mass is 16.7.